The smallest absolute Gasteiger partial charge is 0.128 e. The number of rotatable bonds is 6. The molecule has 2 rings (SSSR count). The maximum Gasteiger partial charge on any atom is 0.128 e. The van der Waals surface area contributed by atoms with Crippen molar-refractivity contribution in [2.75, 3.05) is 13.6 Å². The Kier molecular flexibility index (Phi) is 5.51. The van der Waals surface area contributed by atoms with Crippen molar-refractivity contribution < 1.29 is 4.39 Å². The zero-order valence-electron chi connectivity index (χ0n) is 12.8. The van der Waals surface area contributed by atoms with E-state index < -0.39 is 0 Å². The Balaban J connectivity index is 2.17. The van der Waals surface area contributed by atoms with E-state index in [1.807, 2.05) is 20.0 Å². The zero-order valence-corrected chi connectivity index (χ0v) is 13.7. The van der Waals surface area contributed by atoms with Crippen molar-refractivity contribution in [3.8, 4) is 0 Å². The van der Waals surface area contributed by atoms with Gasteiger partial charge in [0.15, 0.2) is 0 Å². The number of halogens is 1. The Bertz CT molecular complexity index is 568. The van der Waals surface area contributed by atoms with Gasteiger partial charge in [0.05, 0.1) is 0 Å². The number of aryl methyl sites for hydroxylation is 1. The van der Waals surface area contributed by atoms with Gasteiger partial charge in [-0.2, -0.15) is 0 Å². The lowest BCUT2D eigenvalue weighted by molar-refractivity contribution is 0.185. The van der Waals surface area contributed by atoms with Gasteiger partial charge in [-0.15, -0.1) is 11.3 Å². The third-order valence-electron chi connectivity index (χ3n) is 4.00. The van der Waals surface area contributed by atoms with Crippen molar-refractivity contribution in [2.45, 2.75) is 32.4 Å². The maximum absolute atomic E-state index is 14.1. The number of nitrogens with two attached hydrogens (primary N) is 1. The average molecular weight is 306 g/mol. The van der Waals surface area contributed by atoms with Crippen LogP contribution in [0.1, 0.15) is 29.0 Å². The van der Waals surface area contributed by atoms with Crippen LogP contribution in [0.5, 0.6) is 0 Å². The third-order valence-corrected chi connectivity index (χ3v) is 4.90. The van der Waals surface area contributed by atoms with Gasteiger partial charge in [-0.1, -0.05) is 23.8 Å². The van der Waals surface area contributed by atoms with E-state index in [1.54, 1.807) is 17.4 Å². The fourth-order valence-electron chi connectivity index (χ4n) is 2.60. The van der Waals surface area contributed by atoms with Crippen molar-refractivity contribution in [3.63, 3.8) is 0 Å². The van der Waals surface area contributed by atoms with Crippen LogP contribution in [0.25, 0.3) is 0 Å². The Hall–Kier alpha value is -1.23. The maximum atomic E-state index is 14.1. The highest BCUT2D eigenvalue weighted by Crippen LogP contribution is 2.26. The summed E-state index contributed by atoms with van der Waals surface area (Å²) in [5.74, 6) is -0.175. The monoisotopic (exact) mass is 306 g/mol. The van der Waals surface area contributed by atoms with Gasteiger partial charge in [0.25, 0.3) is 0 Å². The summed E-state index contributed by atoms with van der Waals surface area (Å²) < 4.78 is 14.1. The Labute approximate surface area is 130 Å². The predicted octanol–water partition coefficient (Wildman–Crippen LogP) is 3.76. The molecule has 1 aromatic carbocycles. The van der Waals surface area contributed by atoms with Crippen LogP contribution >= 0.6 is 11.3 Å². The van der Waals surface area contributed by atoms with Crippen LogP contribution in [0.4, 0.5) is 4.39 Å². The molecule has 0 saturated carbocycles. The highest BCUT2D eigenvalue weighted by molar-refractivity contribution is 7.09. The summed E-state index contributed by atoms with van der Waals surface area (Å²) in [5.41, 5.74) is 7.68. The van der Waals surface area contributed by atoms with Crippen molar-refractivity contribution in [3.05, 3.63) is 57.5 Å². The molecule has 0 spiro atoms. The van der Waals surface area contributed by atoms with Crippen LogP contribution in [0.3, 0.4) is 0 Å². The van der Waals surface area contributed by atoms with Gasteiger partial charge in [0, 0.05) is 29.1 Å². The number of benzene rings is 1. The second kappa shape index (κ2) is 7.16. The Morgan fingerprint density at radius 3 is 2.71 bits per heavy atom. The summed E-state index contributed by atoms with van der Waals surface area (Å²) in [6, 6.07) is 9.64. The number of likely N-dealkylation sites (N-methyl/N-ethyl adjacent to an activating group) is 1. The fraction of sp³-hybridized carbons (Fsp3) is 0.412. The van der Waals surface area contributed by atoms with Gasteiger partial charge < -0.3 is 5.73 Å². The van der Waals surface area contributed by atoms with E-state index in [0.717, 1.165) is 12.0 Å². The Morgan fingerprint density at radius 2 is 2.10 bits per heavy atom. The lowest BCUT2D eigenvalue weighted by Gasteiger charge is -2.33. The molecule has 21 heavy (non-hydrogen) atoms. The van der Waals surface area contributed by atoms with Gasteiger partial charge in [0.1, 0.15) is 5.82 Å². The van der Waals surface area contributed by atoms with Crippen LogP contribution in [-0.4, -0.2) is 24.5 Å². The molecule has 2 atom stereocenters. The molecule has 1 aromatic heterocycles. The Morgan fingerprint density at radius 1 is 1.33 bits per heavy atom. The molecular weight excluding hydrogens is 283 g/mol. The summed E-state index contributed by atoms with van der Waals surface area (Å²) in [6.45, 7) is 4.55. The van der Waals surface area contributed by atoms with Gasteiger partial charge >= 0.3 is 0 Å². The largest absolute Gasteiger partial charge is 0.329 e. The van der Waals surface area contributed by atoms with Crippen LogP contribution in [-0.2, 0) is 6.42 Å². The van der Waals surface area contributed by atoms with Crippen LogP contribution < -0.4 is 5.73 Å². The van der Waals surface area contributed by atoms with Crippen LogP contribution in [0.15, 0.2) is 35.7 Å². The standard InChI is InChI=1S/C17H23FN2S/c1-12-6-7-16(18)15(9-12)17(11-19)20(3)13(2)10-14-5-4-8-21-14/h4-9,13,17H,10-11,19H2,1-3H3. The van der Waals surface area contributed by atoms with E-state index in [4.69, 9.17) is 5.73 Å². The summed E-state index contributed by atoms with van der Waals surface area (Å²) in [7, 11) is 2.03. The number of hydrogen-bond acceptors (Lipinski definition) is 3. The molecule has 0 radical (unpaired) electrons. The first-order valence-corrected chi connectivity index (χ1v) is 8.11. The molecule has 0 amide bonds. The van der Waals surface area contributed by atoms with Gasteiger partial charge in [0.2, 0.25) is 0 Å². The van der Waals surface area contributed by atoms with E-state index in [1.165, 1.54) is 10.9 Å². The second-order valence-corrected chi connectivity index (χ2v) is 6.61. The summed E-state index contributed by atoms with van der Waals surface area (Å²) >= 11 is 1.76. The van der Waals surface area contributed by atoms with Crippen molar-refractivity contribution >= 4 is 11.3 Å². The van der Waals surface area contributed by atoms with Gasteiger partial charge in [-0.3, -0.25) is 4.90 Å². The molecule has 2 nitrogen and oxygen atoms in total. The highest BCUT2D eigenvalue weighted by atomic mass is 32.1. The molecule has 0 aliphatic rings. The first-order valence-electron chi connectivity index (χ1n) is 7.23. The molecule has 0 aliphatic heterocycles. The third kappa shape index (κ3) is 3.90. The van der Waals surface area contributed by atoms with E-state index in [0.29, 0.717) is 18.2 Å². The van der Waals surface area contributed by atoms with Crippen LogP contribution in [0, 0.1) is 12.7 Å². The van der Waals surface area contributed by atoms with Gasteiger partial charge in [-0.25, -0.2) is 4.39 Å². The topological polar surface area (TPSA) is 29.3 Å². The SMILES string of the molecule is Cc1ccc(F)c(C(CN)N(C)C(C)Cc2cccs2)c1. The summed E-state index contributed by atoms with van der Waals surface area (Å²) in [4.78, 5) is 3.52. The summed E-state index contributed by atoms with van der Waals surface area (Å²) in [6.07, 6.45) is 0.956. The van der Waals surface area contributed by atoms with E-state index in [2.05, 4.69) is 29.3 Å². The minimum Gasteiger partial charge on any atom is -0.329 e. The average Bonchev–Trinajstić information content (AvgIpc) is 2.96. The molecule has 4 heteroatoms. The van der Waals surface area contributed by atoms with E-state index in [-0.39, 0.29) is 11.9 Å². The molecule has 1 heterocycles. The lowest BCUT2D eigenvalue weighted by atomic mass is 10.0. The van der Waals surface area contributed by atoms with Gasteiger partial charge in [-0.05, 0) is 44.8 Å². The first-order chi connectivity index (χ1) is 10.0. The van der Waals surface area contributed by atoms with E-state index in [9.17, 15) is 4.39 Å². The van der Waals surface area contributed by atoms with Crippen molar-refractivity contribution in [1.82, 2.24) is 4.90 Å². The van der Waals surface area contributed by atoms with Crippen molar-refractivity contribution in [2.24, 2.45) is 5.73 Å². The molecule has 0 aliphatic carbocycles. The minimum absolute atomic E-state index is 0.0973. The molecule has 2 N–H and O–H groups in total. The molecule has 0 saturated heterocycles. The fourth-order valence-corrected chi connectivity index (χ4v) is 3.43. The normalized spacial score (nSPS) is 14.4. The molecule has 114 valence electrons. The molecule has 2 aromatic rings. The highest BCUT2D eigenvalue weighted by Gasteiger charge is 2.23. The molecule has 2 unspecified atom stereocenters. The molecule has 0 fully saturated rings. The minimum atomic E-state index is -0.175. The number of thiophene rings is 1. The molecular formula is C17H23FN2S. The second-order valence-electron chi connectivity index (χ2n) is 5.57. The number of hydrogen-bond donors (Lipinski definition) is 1. The lowest BCUT2D eigenvalue weighted by Crippen LogP contribution is -2.38. The summed E-state index contributed by atoms with van der Waals surface area (Å²) in [5, 5.41) is 2.09. The zero-order chi connectivity index (χ0) is 15.4. The quantitative estimate of drug-likeness (QED) is 0.880. The first kappa shape index (κ1) is 16.1. The predicted molar refractivity (Wildman–Crippen MR) is 88.2 cm³/mol. The molecule has 0 bridgehead atoms. The van der Waals surface area contributed by atoms with E-state index >= 15 is 0 Å². The van der Waals surface area contributed by atoms with Crippen molar-refractivity contribution in [1.29, 1.82) is 0 Å². The van der Waals surface area contributed by atoms with Crippen LogP contribution in [0.2, 0.25) is 0 Å². The number of nitrogens with zero attached hydrogens (tertiary/aromatic N) is 1.